The fourth-order valence-corrected chi connectivity index (χ4v) is 8.06. The molecule has 1 heterocycles. The quantitative estimate of drug-likeness (QED) is 0.0371. The Kier molecular flexibility index (Phi) is 13.2. The van der Waals surface area contributed by atoms with Crippen LogP contribution < -0.4 is 20.7 Å². The van der Waals surface area contributed by atoms with Crippen LogP contribution in [-0.4, -0.2) is 67.8 Å². The van der Waals surface area contributed by atoms with Crippen molar-refractivity contribution in [3.63, 3.8) is 0 Å². The predicted molar refractivity (Wildman–Crippen MR) is 270 cm³/mol. The number of ether oxygens (including phenoxy) is 1. The number of benzene rings is 7. The third-order valence-electron chi connectivity index (χ3n) is 11.0. The number of aromatic nitrogens is 3. The first-order valence-corrected chi connectivity index (χ1v) is 23.1. The van der Waals surface area contributed by atoms with E-state index in [2.05, 4.69) is 56.4 Å². The highest BCUT2D eigenvalue weighted by atomic mass is 32.2. The lowest BCUT2D eigenvalue weighted by Gasteiger charge is -2.18. The van der Waals surface area contributed by atoms with Crippen molar-refractivity contribution in [1.82, 2.24) is 15.0 Å². The molecule has 72 heavy (non-hydrogen) atoms. The van der Waals surface area contributed by atoms with Gasteiger partial charge in [-0.15, -0.1) is 5.11 Å². The number of hydrogen-bond acceptors (Lipinski definition) is 18. The van der Waals surface area contributed by atoms with Gasteiger partial charge in [-0.3, -0.25) is 14.3 Å². The Balaban J connectivity index is 0.994. The fraction of sp³-hybridized carbons (Fsp3) is 0.0588. The zero-order valence-corrected chi connectivity index (χ0v) is 38.7. The number of carbonyl (C=O) groups is 2. The number of rotatable bonds is 15. The van der Waals surface area contributed by atoms with Crippen molar-refractivity contribution >= 4 is 102 Å². The second kappa shape index (κ2) is 20.1. The molecule has 358 valence electrons. The lowest BCUT2D eigenvalue weighted by Crippen LogP contribution is -2.20. The summed E-state index contributed by atoms with van der Waals surface area (Å²) in [7, 11) is -3.29. The maximum absolute atomic E-state index is 14.4. The second-order valence-electron chi connectivity index (χ2n) is 15.9. The van der Waals surface area contributed by atoms with E-state index in [9.17, 15) is 37.9 Å². The summed E-state index contributed by atoms with van der Waals surface area (Å²) in [6, 6.07) is 35.9. The van der Waals surface area contributed by atoms with Crippen molar-refractivity contribution < 1.29 is 42.6 Å². The number of aryl methyl sites for hydroxylation is 1. The van der Waals surface area contributed by atoms with Crippen LogP contribution in [0.4, 0.5) is 57.7 Å². The summed E-state index contributed by atoms with van der Waals surface area (Å²) < 4.78 is 41.0. The summed E-state index contributed by atoms with van der Waals surface area (Å²) in [6.45, 7) is 1.84. The Labute approximate surface area is 409 Å². The van der Waals surface area contributed by atoms with E-state index in [0.717, 1.165) is 17.0 Å². The average molecular weight is 982 g/mol. The van der Waals surface area contributed by atoms with Gasteiger partial charge in [0.2, 0.25) is 23.6 Å². The third-order valence-corrected chi connectivity index (χ3v) is 11.8. The zero-order valence-electron chi connectivity index (χ0n) is 37.9. The molecule has 0 saturated carbocycles. The van der Waals surface area contributed by atoms with Gasteiger partial charge in [0, 0.05) is 29.1 Å². The number of carboxylic acid groups (broad SMARTS) is 1. The molecule has 0 atom stereocenters. The average Bonchev–Trinajstić information content (AvgIpc) is 3.35. The van der Waals surface area contributed by atoms with E-state index >= 15 is 0 Å². The molecule has 7 aromatic carbocycles. The van der Waals surface area contributed by atoms with E-state index in [4.69, 9.17) is 4.74 Å². The number of phenolic OH excluding ortho intramolecular Hbond substituents is 1. The summed E-state index contributed by atoms with van der Waals surface area (Å²) in [5.41, 5.74) is 4.02. The first-order chi connectivity index (χ1) is 34.7. The summed E-state index contributed by atoms with van der Waals surface area (Å²) in [5.74, 6) is -1.84. The summed E-state index contributed by atoms with van der Waals surface area (Å²) in [4.78, 5) is 43.4. The molecule has 0 unspecified atom stereocenters. The van der Waals surface area contributed by atoms with Gasteiger partial charge in [0.15, 0.2) is 0 Å². The van der Waals surface area contributed by atoms with Crippen LogP contribution in [0.1, 0.15) is 37.4 Å². The maximum Gasteiger partial charge on any atom is 0.339 e. The van der Waals surface area contributed by atoms with Gasteiger partial charge >= 0.3 is 5.97 Å². The van der Waals surface area contributed by atoms with Crippen molar-refractivity contribution in [2.45, 2.75) is 18.4 Å². The number of phenols is 2. The number of aromatic hydroxyl groups is 2. The van der Waals surface area contributed by atoms with Crippen molar-refractivity contribution in [3.05, 3.63) is 167 Å². The molecule has 0 bridgehead atoms. The Morgan fingerprint density at radius 1 is 0.681 bits per heavy atom. The van der Waals surface area contributed by atoms with E-state index in [-0.39, 0.29) is 63.9 Å². The molecule has 7 N–H and O–H groups in total. The molecule has 9 rings (SSSR count). The highest BCUT2D eigenvalue weighted by Crippen LogP contribution is 2.37. The number of azo groups is 2. The minimum atomic E-state index is -4.78. The first-order valence-electron chi connectivity index (χ1n) is 21.6. The van der Waals surface area contributed by atoms with Crippen molar-refractivity contribution in [1.29, 1.82) is 0 Å². The number of aromatic carboxylic acids is 1. The second-order valence-corrected chi connectivity index (χ2v) is 17.3. The molecule has 1 aliphatic rings. The summed E-state index contributed by atoms with van der Waals surface area (Å²) in [6.07, 6.45) is 2.96. The molecule has 21 heteroatoms. The van der Waals surface area contributed by atoms with Gasteiger partial charge in [-0.1, -0.05) is 48.5 Å². The molecular formula is C51H39N11O9S. The molecular weight excluding hydrogens is 943 g/mol. The van der Waals surface area contributed by atoms with Gasteiger partial charge in [0.05, 0.1) is 57.9 Å². The van der Waals surface area contributed by atoms with Crippen LogP contribution in [0.15, 0.2) is 170 Å². The topological polar surface area (TPSA) is 295 Å². The van der Waals surface area contributed by atoms with Crippen LogP contribution in [0.5, 0.6) is 17.2 Å². The molecule has 0 radical (unpaired) electrons. The molecule has 0 fully saturated rings. The number of aliphatic imine (C=N–C) groups is 1. The maximum atomic E-state index is 14.4. The number of para-hydroxylation sites is 1. The summed E-state index contributed by atoms with van der Waals surface area (Å²) >= 11 is 0. The number of carboxylic acids is 1. The highest BCUT2D eigenvalue weighted by molar-refractivity contribution is 7.85. The standard InChI is InChI=1S/C51H39N11O9S/c1-28-22-31(44(71-2)26-40(28)62-61-38-12-6-8-29-9-7-13-42(63)45(29)38)27-52-39-21-14-30-23-36(72(68,69)70)25-41(46(30)47(39)65)55-51-57-49(53-32-10-4-3-5-11-32)56-50(58-51)54-33-15-17-34(18-16-33)59-60-35-19-20-37(48(66)67)43(64)24-35/h3-26,63-64H,27H2,1-2H3,(H,66,67)(H,68,69,70)(H3,53,54,55,56,57,58). The SMILES string of the molecule is COc1cc(N=Nc2cccc3cccc(O)c23)c(C)cc1CN=C1C=Cc2cc(S(=O)(=O)O)cc(Nc3nc(Nc4ccccc4)nc(Nc4ccc(N=Nc5ccc(C(=O)O)c(O)c5)cc4)n3)c2C1=O. The number of hydrogen-bond donors (Lipinski definition) is 7. The Bertz CT molecular complexity index is 3690. The lowest BCUT2D eigenvalue weighted by atomic mass is 9.93. The van der Waals surface area contributed by atoms with Gasteiger partial charge in [-0.05, 0) is 108 Å². The van der Waals surface area contributed by atoms with Gasteiger partial charge in [-0.2, -0.15) is 38.7 Å². The Morgan fingerprint density at radius 2 is 1.33 bits per heavy atom. The van der Waals surface area contributed by atoms with Crippen molar-refractivity contribution in [3.8, 4) is 17.2 Å². The number of Topliss-reactive ketones (excluding diaryl/α,β-unsaturated/α-hetero) is 1. The highest BCUT2D eigenvalue weighted by Gasteiger charge is 2.27. The Morgan fingerprint density at radius 3 is 2.01 bits per heavy atom. The normalized spacial score (nSPS) is 12.9. The van der Waals surface area contributed by atoms with Crippen LogP contribution in [0.25, 0.3) is 16.8 Å². The molecule has 0 spiro atoms. The fourth-order valence-electron chi connectivity index (χ4n) is 7.52. The number of carbonyl (C=O) groups excluding carboxylic acids is 1. The number of nitrogens with zero attached hydrogens (tertiary/aromatic N) is 8. The van der Waals surface area contributed by atoms with Crippen LogP contribution in [-0.2, 0) is 16.7 Å². The van der Waals surface area contributed by atoms with E-state index in [1.54, 1.807) is 72.8 Å². The molecule has 0 amide bonds. The predicted octanol–water partition coefficient (Wildman–Crippen LogP) is 11.6. The zero-order chi connectivity index (χ0) is 50.5. The number of allylic oxidation sites excluding steroid dienone is 1. The van der Waals surface area contributed by atoms with E-state index in [1.165, 1.54) is 43.5 Å². The van der Waals surface area contributed by atoms with Crippen molar-refractivity contribution in [2.24, 2.45) is 25.4 Å². The molecule has 0 saturated heterocycles. The number of ketones is 1. The number of fused-ring (bicyclic) bond motifs is 2. The van der Waals surface area contributed by atoms with Crippen LogP contribution in [0.2, 0.25) is 0 Å². The van der Waals surface area contributed by atoms with Crippen LogP contribution in [0, 0.1) is 6.92 Å². The molecule has 8 aromatic rings. The minimum Gasteiger partial charge on any atom is -0.507 e. The number of nitrogens with one attached hydrogen (secondary N) is 3. The largest absolute Gasteiger partial charge is 0.507 e. The molecule has 0 aliphatic heterocycles. The monoisotopic (exact) mass is 981 g/mol. The number of anilines is 6. The lowest BCUT2D eigenvalue weighted by molar-refractivity contribution is 0.0693. The minimum absolute atomic E-state index is 0.000957. The summed E-state index contributed by atoms with van der Waals surface area (Å²) in [5, 5.41) is 57.4. The van der Waals surface area contributed by atoms with Gasteiger partial charge in [0.25, 0.3) is 10.1 Å². The smallest absolute Gasteiger partial charge is 0.339 e. The molecule has 1 aliphatic carbocycles. The number of methoxy groups -OCH3 is 1. The Hall–Kier alpha value is -9.73. The van der Waals surface area contributed by atoms with E-state index < -0.39 is 32.5 Å². The first kappa shape index (κ1) is 47.3. The van der Waals surface area contributed by atoms with Gasteiger partial charge in [0.1, 0.15) is 28.5 Å². The van der Waals surface area contributed by atoms with E-state index in [0.29, 0.717) is 45.1 Å². The van der Waals surface area contributed by atoms with Crippen LogP contribution >= 0.6 is 0 Å². The third kappa shape index (κ3) is 10.6. The van der Waals surface area contributed by atoms with Gasteiger partial charge in [-0.25, -0.2) is 4.79 Å². The molecule has 20 nitrogen and oxygen atoms in total. The van der Waals surface area contributed by atoms with Gasteiger partial charge < -0.3 is 36.0 Å². The van der Waals surface area contributed by atoms with Crippen molar-refractivity contribution in [2.75, 3.05) is 23.1 Å². The van der Waals surface area contributed by atoms with Crippen LogP contribution in [0.3, 0.4) is 0 Å². The van der Waals surface area contributed by atoms with E-state index in [1.807, 2.05) is 37.3 Å². The molecule has 1 aromatic heterocycles.